The van der Waals surface area contributed by atoms with Crippen molar-refractivity contribution in [3.05, 3.63) is 76.4 Å². The van der Waals surface area contributed by atoms with Crippen LogP contribution in [0.2, 0.25) is 5.02 Å². The highest BCUT2D eigenvalue weighted by molar-refractivity contribution is 6.33. The topological polar surface area (TPSA) is 63.2 Å². The average molecular weight is 464 g/mol. The summed E-state index contributed by atoms with van der Waals surface area (Å²) in [6, 6.07) is 17.7. The Morgan fingerprint density at radius 2 is 1.82 bits per heavy atom. The molecule has 0 aliphatic heterocycles. The van der Waals surface area contributed by atoms with Gasteiger partial charge in [-0.1, -0.05) is 43.0 Å². The highest BCUT2D eigenvalue weighted by Crippen LogP contribution is 2.36. The molecule has 1 aromatic heterocycles. The fourth-order valence-electron chi connectivity index (χ4n) is 4.32. The Morgan fingerprint density at radius 1 is 1.03 bits per heavy atom. The second-order valence-corrected chi connectivity index (χ2v) is 8.89. The lowest BCUT2D eigenvalue weighted by molar-refractivity contribution is 0.0519. The number of nitrogens with one attached hydrogen (secondary N) is 2. The van der Waals surface area contributed by atoms with E-state index >= 15 is 0 Å². The first-order valence-electron chi connectivity index (χ1n) is 11.6. The number of esters is 1. The Morgan fingerprint density at radius 3 is 2.55 bits per heavy atom. The fraction of sp³-hybridized carbons (Fsp3) is 0.333. The predicted molar refractivity (Wildman–Crippen MR) is 135 cm³/mol. The molecule has 0 bridgehead atoms. The van der Waals surface area contributed by atoms with Crippen LogP contribution in [-0.2, 0) is 4.74 Å². The second kappa shape index (κ2) is 10.7. The Kier molecular flexibility index (Phi) is 7.50. The van der Waals surface area contributed by atoms with E-state index in [1.165, 1.54) is 37.7 Å². The number of hydrogen-bond acceptors (Lipinski definition) is 5. The number of pyridine rings is 1. The summed E-state index contributed by atoms with van der Waals surface area (Å²) < 4.78 is 5.03. The largest absolute Gasteiger partial charge is 0.461 e. The van der Waals surface area contributed by atoms with Gasteiger partial charge in [0.25, 0.3) is 0 Å². The summed E-state index contributed by atoms with van der Waals surface area (Å²) in [6.45, 7) is 4.12. The summed E-state index contributed by atoms with van der Waals surface area (Å²) >= 11 is 6.62. The van der Waals surface area contributed by atoms with Gasteiger partial charge in [0.1, 0.15) is 5.82 Å². The molecule has 1 aliphatic rings. The first-order chi connectivity index (χ1) is 16.0. The lowest BCUT2D eigenvalue weighted by Crippen LogP contribution is -2.08. The van der Waals surface area contributed by atoms with Gasteiger partial charge in [-0.05, 0) is 86.2 Å². The van der Waals surface area contributed by atoms with Crippen molar-refractivity contribution in [3.8, 4) is 0 Å². The molecular formula is C27H30ClN3O2. The molecule has 0 spiro atoms. The molecule has 5 nitrogen and oxygen atoms in total. The molecule has 33 heavy (non-hydrogen) atoms. The van der Waals surface area contributed by atoms with Crippen LogP contribution in [0.1, 0.15) is 66.6 Å². The van der Waals surface area contributed by atoms with Gasteiger partial charge in [-0.15, -0.1) is 0 Å². The quantitative estimate of drug-likeness (QED) is 0.350. The zero-order valence-electron chi connectivity index (χ0n) is 19.2. The number of carbonyl (C=O) groups excluding carboxylic acids is 1. The van der Waals surface area contributed by atoms with Crippen LogP contribution >= 0.6 is 11.6 Å². The Bertz CT molecular complexity index is 1130. The first-order valence-corrected chi connectivity index (χ1v) is 12.0. The summed E-state index contributed by atoms with van der Waals surface area (Å²) in [6.07, 6.45) is 6.48. The van der Waals surface area contributed by atoms with E-state index in [9.17, 15) is 4.79 Å². The number of aromatic nitrogens is 1. The number of halogens is 1. The van der Waals surface area contributed by atoms with Crippen molar-refractivity contribution in [2.75, 3.05) is 17.2 Å². The molecule has 0 unspecified atom stereocenters. The number of nitrogens with zero attached hydrogens (tertiary/aromatic N) is 1. The maximum absolute atomic E-state index is 11.9. The minimum atomic E-state index is -0.427. The lowest BCUT2D eigenvalue weighted by atomic mass is 9.84. The van der Waals surface area contributed by atoms with Crippen molar-refractivity contribution < 1.29 is 9.53 Å². The third kappa shape index (κ3) is 5.85. The summed E-state index contributed by atoms with van der Waals surface area (Å²) in [5.74, 6) is 0.795. The van der Waals surface area contributed by atoms with Crippen molar-refractivity contribution in [1.29, 1.82) is 0 Å². The molecule has 1 heterocycles. The maximum atomic E-state index is 11.9. The summed E-state index contributed by atoms with van der Waals surface area (Å²) in [7, 11) is 0. The monoisotopic (exact) mass is 463 g/mol. The molecule has 4 rings (SSSR count). The Balaban J connectivity index is 1.45. The van der Waals surface area contributed by atoms with E-state index in [1.54, 1.807) is 19.1 Å². The fourth-order valence-corrected chi connectivity index (χ4v) is 4.56. The second-order valence-electron chi connectivity index (χ2n) is 8.48. The third-order valence-electron chi connectivity index (χ3n) is 6.07. The molecule has 1 aliphatic carbocycles. The van der Waals surface area contributed by atoms with Crippen molar-refractivity contribution in [3.63, 3.8) is 0 Å². The molecule has 0 atom stereocenters. The lowest BCUT2D eigenvalue weighted by Gasteiger charge is -2.22. The van der Waals surface area contributed by atoms with E-state index in [2.05, 4.69) is 39.9 Å². The molecule has 1 fully saturated rings. The summed E-state index contributed by atoms with van der Waals surface area (Å²) in [5.41, 5.74) is 5.44. The third-order valence-corrected chi connectivity index (χ3v) is 6.38. The van der Waals surface area contributed by atoms with Crippen LogP contribution in [0.5, 0.6) is 0 Å². The number of benzene rings is 2. The van der Waals surface area contributed by atoms with E-state index < -0.39 is 5.97 Å². The maximum Gasteiger partial charge on any atom is 0.356 e. The first kappa shape index (κ1) is 23.1. The normalized spacial score (nSPS) is 14.0. The SMILES string of the molecule is CCOC(=O)c1cccc(Nc2ccc(Nc3ccc(C4CCCCC4)cc3Cl)cc2C)n1. The smallest absolute Gasteiger partial charge is 0.356 e. The van der Waals surface area contributed by atoms with Crippen molar-refractivity contribution in [2.45, 2.75) is 51.9 Å². The van der Waals surface area contributed by atoms with Crippen LogP contribution in [0, 0.1) is 6.92 Å². The molecular weight excluding hydrogens is 434 g/mol. The molecule has 172 valence electrons. The molecule has 1 saturated carbocycles. The van der Waals surface area contributed by atoms with Crippen molar-refractivity contribution >= 4 is 40.5 Å². The minimum Gasteiger partial charge on any atom is -0.461 e. The van der Waals surface area contributed by atoms with Crippen LogP contribution in [0.3, 0.4) is 0 Å². The molecule has 0 radical (unpaired) electrons. The van der Waals surface area contributed by atoms with Crippen molar-refractivity contribution in [2.24, 2.45) is 0 Å². The van der Waals surface area contributed by atoms with Gasteiger partial charge in [0.05, 0.1) is 17.3 Å². The van der Waals surface area contributed by atoms with E-state index in [4.69, 9.17) is 16.3 Å². The number of ether oxygens (including phenoxy) is 1. The van der Waals surface area contributed by atoms with Gasteiger partial charge in [0, 0.05) is 11.4 Å². The summed E-state index contributed by atoms with van der Waals surface area (Å²) in [4.78, 5) is 16.3. The zero-order valence-corrected chi connectivity index (χ0v) is 19.9. The van der Waals surface area contributed by atoms with Crippen LogP contribution in [0.15, 0.2) is 54.6 Å². The van der Waals surface area contributed by atoms with Crippen LogP contribution < -0.4 is 10.6 Å². The van der Waals surface area contributed by atoms with Crippen molar-refractivity contribution in [1.82, 2.24) is 4.98 Å². The molecule has 0 saturated heterocycles. The van der Waals surface area contributed by atoms with Gasteiger partial charge < -0.3 is 15.4 Å². The van der Waals surface area contributed by atoms with Gasteiger partial charge in [-0.2, -0.15) is 0 Å². The summed E-state index contributed by atoms with van der Waals surface area (Å²) in [5, 5.41) is 7.47. The van der Waals surface area contributed by atoms with Gasteiger partial charge in [0.15, 0.2) is 5.69 Å². The van der Waals surface area contributed by atoms with Crippen LogP contribution in [0.4, 0.5) is 22.9 Å². The van der Waals surface area contributed by atoms with Crippen LogP contribution in [-0.4, -0.2) is 17.6 Å². The molecule has 6 heteroatoms. The predicted octanol–water partition coefficient (Wildman–Crippen LogP) is 7.76. The van der Waals surface area contributed by atoms with Gasteiger partial charge >= 0.3 is 5.97 Å². The van der Waals surface area contributed by atoms with E-state index in [-0.39, 0.29) is 5.69 Å². The number of anilines is 4. The zero-order chi connectivity index (χ0) is 23.2. The highest BCUT2D eigenvalue weighted by Gasteiger charge is 2.16. The van der Waals surface area contributed by atoms with Crippen LogP contribution in [0.25, 0.3) is 0 Å². The number of aryl methyl sites for hydroxylation is 1. The van der Waals surface area contributed by atoms with Gasteiger partial charge in [-0.3, -0.25) is 0 Å². The molecule has 0 amide bonds. The van der Waals surface area contributed by atoms with Gasteiger partial charge in [-0.25, -0.2) is 9.78 Å². The van der Waals surface area contributed by atoms with E-state index in [1.807, 2.05) is 25.1 Å². The molecule has 2 aromatic carbocycles. The number of hydrogen-bond donors (Lipinski definition) is 2. The average Bonchev–Trinajstić information content (AvgIpc) is 2.83. The number of rotatable bonds is 7. The Hall–Kier alpha value is -3.05. The Labute approximate surface area is 200 Å². The highest BCUT2D eigenvalue weighted by atomic mass is 35.5. The standard InChI is InChI=1S/C27H30ClN3O2/c1-3-33-27(32)25-10-7-11-26(31-25)30-23-15-13-21(16-18(23)2)29-24-14-12-20(17-22(24)28)19-8-5-4-6-9-19/h7,10-17,19,29H,3-6,8-9H2,1-2H3,(H,30,31). The van der Waals surface area contributed by atoms with E-state index in [0.29, 0.717) is 18.3 Å². The molecule has 2 N–H and O–H groups in total. The van der Waals surface area contributed by atoms with E-state index in [0.717, 1.165) is 27.6 Å². The molecule has 3 aromatic rings. The number of carbonyl (C=O) groups is 1. The minimum absolute atomic E-state index is 0.282. The van der Waals surface area contributed by atoms with Gasteiger partial charge in [0.2, 0.25) is 0 Å².